The van der Waals surface area contributed by atoms with Crippen LogP contribution in [0.15, 0.2) is 27.3 Å². The molecule has 1 N–H and O–H groups in total. The molecular weight excluding hydrogens is 182 g/mol. The quantitative estimate of drug-likeness (QED) is 0.795. The van der Waals surface area contributed by atoms with Crippen LogP contribution in [0.4, 0.5) is 0 Å². The van der Waals surface area contributed by atoms with E-state index < -0.39 is 0 Å². The molecule has 0 unspecified atom stereocenters. The Morgan fingerprint density at radius 1 is 1.50 bits per heavy atom. The molecule has 0 aliphatic rings. The fourth-order valence-electron chi connectivity index (χ4n) is 1.06. The molecule has 0 saturated carbocycles. The van der Waals surface area contributed by atoms with Gasteiger partial charge in [-0.05, 0) is 18.7 Å². The smallest absolute Gasteiger partial charge is 0.293 e. The lowest BCUT2D eigenvalue weighted by Crippen LogP contribution is -2.12. The Balaban J connectivity index is 2.10. The van der Waals surface area contributed by atoms with Crippen LogP contribution < -0.4 is 5.32 Å². The Bertz CT molecular complexity index is 380. The third kappa shape index (κ3) is 1.82. The molecular formula is C9H11N3O2. The Kier molecular flexibility index (Phi) is 2.60. The zero-order valence-corrected chi connectivity index (χ0v) is 7.86. The van der Waals surface area contributed by atoms with Crippen molar-refractivity contribution in [3.05, 3.63) is 24.2 Å². The van der Waals surface area contributed by atoms with Crippen molar-refractivity contribution in [3.8, 4) is 11.7 Å². The molecule has 14 heavy (non-hydrogen) atoms. The summed E-state index contributed by atoms with van der Waals surface area (Å²) in [6, 6.07) is 3.56. The Morgan fingerprint density at radius 2 is 2.43 bits per heavy atom. The molecule has 5 nitrogen and oxygen atoms in total. The number of aromatic nitrogens is 2. The van der Waals surface area contributed by atoms with Crippen LogP contribution in [0.25, 0.3) is 11.7 Å². The zero-order valence-electron chi connectivity index (χ0n) is 7.86. The molecule has 0 bridgehead atoms. The molecule has 2 rings (SSSR count). The average Bonchev–Trinajstić information content (AvgIpc) is 2.85. The number of nitrogens with zero attached hydrogens (tertiary/aromatic N) is 2. The highest BCUT2D eigenvalue weighted by molar-refractivity contribution is 5.42. The van der Waals surface area contributed by atoms with Crippen LogP contribution in [0.3, 0.4) is 0 Å². The fourth-order valence-corrected chi connectivity index (χ4v) is 1.06. The van der Waals surface area contributed by atoms with Crippen molar-refractivity contribution < 1.29 is 8.94 Å². The van der Waals surface area contributed by atoms with Gasteiger partial charge in [0.25, 0.3) is 5.89 Å². The van der Waals surface area contributed by atoms with E-state index in [1.807, 2.05) is 6.92 Å². The summed E-state index contributed by atoms with van der Waals surface area (Å²) in [5.74, 6) is 1.65. The van der Waals surface area contributed by atoms with Crippen molar-refractivity contribution in [3.63, 3.8) is 0 Å². The van der Waals surface area contributed by atoms with Gasteiger partial charge in [0.2, 0.25) is 0 Å². The second-order valence-corrected chi connectivity index (χ2v) is 2.77. The summed E-state index contributed by atoms with van der Waals surface area (Å²) in [7, 11) is 0. The molecule has 0 fully saturated rings. The maximum Gasteiger partial charge on any atom is 0.293 e. The number of hydrogen-bond acceptors (Lipinski definition) is 5. The van der Waals surface area contributed by atoms with Gasteiger partial charge < -0.3 is 14.3 Å². The van der Waals surface area contributed by atoms with Crippen LogP contribution in [-0.2, 0) is 6.54 Å². The fraction of sp³-hybridized carbons (Fsp3) is 0.333. The highest BCUT2D eigenvalue weighted by atomic mass is 16.5. The van der Waals surface area contributed by atoms with Crippen LogP contribution >= 0.6 is 0 Å². The van der Waals surface area contributed by atoms with E-state index in [2.05, 4.69) is 15.5 Å². The molecule has 0 aromatic carbocycles. The highest BCUT2D eigenvalue weighted by Crippen LogP contribution is 2.16. The van der Waals surface area contributed by atoms with E-state index in [4.69, 9.17) is 8.94 Å². The van der Waals surface area contributed by atoms with Gasteiger partial charge in [0.15, 0.2) is 11.6 Å². The van der Waals surface area contributed by atoms with E-state index >= 15 is 0 Å². The molecule has 5 heteroatoms. The molecule has 0 radical (unpaired) electrons. The Labute approximate surface area is 81.1 Å². The lowest BCUT2D eigenvalue weighted by molar-refractivity contribution is 0.407. The minimum Gasteiger partial charge on any atom is -0.459 e. The van der Waals surface area contributed by atoms with Gasteiger partial charge in [-0.15, -0.1) is 0 Å². The minimum absolute atomic E-state index is 0.419. The Hall–Kier alpha value is -1.62. The van der Waals surface area contributed by atoms with E-state index in [0.717, 1.165) is 6.54 Å². The van der Waals surface area contributed by atoms with Gasteiger partial charge in [-0.25, -0.2) is 0 Å². The maximum absolute atomic E-state index is 5.12. The molecule has 0 aliphatic heterocycles. The van der Waals surface area contributed by atoms with E-state index in [1.165, 1.54) is 0 Å². The lowest BCUT2D eigenvalue weighted by Gasteiger charge is -1.91. The van der Waals surface area contributed by atoms with E-state index in [-0.39, 0.29) is 0 Å². The van der Waals surface area contributed by atoms with Crippen LogP contribution in [0.1, 0.15) is 12.7 Å². The van der Waals surface area contributed by atoms with E-state index in [0.29, 0.717) is 24.0 Å². The van der Waals surface area contributed by atoms with Crippen molar-refractivity contribution in [2.45, 2.75) is 13.5 Å². The molecule has 0 aliphatic carbocycles. The molecule has 2 heterocycles. The van der Waals surface area contributed by atoms with E-state index in [9.17, 15) is 0 Å². The maximum atomic E-state index is 5.12. The minimum atomic E-state index is 0.419. The Morgan fingerprint density at radius 3 is 3.14 bits per heavy atom. The van der Waals surface area contributed by atoms with Crippen molar-refractivity contribution in [1.29, 1.82) is 0 Å². The van der Waals surface area contributed by atoms with Gasteiger partial charge in [-0.2, -0.15) is 4.98 Å². The summed E-state index contributed by atoms with van der Waals surface area (Å²) >= 11 is 0. The molecule has 0 amide bonds. The summed E-state index contributed by atoms with van der Waals surface area (Å²) in [5.41, 5.74) is 0. The third-order valence-corrected chi connectivity index (χ3v) is 1.73. The van der Waals surface area contributed by atoms with Gasteiger partial charge >= 0.3 is 0 Å². The monoisotopic (exact) mass is 193 g/mol. The second-order valence-electron chi connectivity index (χ2n) is 2.77. The average molecular weight is 193 g/mol. The van der Waals surface area contributed by atoms with Gasteiger partial charge in [0.1, 0.15) is 0 Å². The number of nitrogens with one attached hydrogen (secondary N) is 1. The zero-order chi connectivity index (χ0) is 9.80. The van der Waals surface area contributed by atoms with Crippen LogP contribution in [0, 0.1) is 0 Å². The van der Waals surface area contributed by atoms with Crippen molar-refractivity contribution in [2.75, 3.05) is 6.54 Å². The predicted molar refractivity (Wildman–Crippen MR) is 49.4 cm³/mol. The van der Waals surface area contributed by atoms with Gasteiger partial charge in [-0.3, -0.25) is 0 Å². The normalized spacial score (nSPS) is 10.6. The van der Waals surface area contributed by atoms with Gasteiger partial charge in [0.05, 0.1) is 12.8 Å². The lowest BCUT2D eigenvalue weighted by atomic mass is 10.4. The standard InChI is InChI=1S/C9H11N3O2/c1-2-10-6-8-11-9(14-12-8)7-4-3-5-13-7/h3-5,10H,2,6H2,1H3. The number of hydrogen-bond donors (Lipinski definition) is 1. The summed E-state index contributed by atoms with van der Waals surface area (Å²) < 4.78 is 10.1. The first-order chi connectivity index (χ1) is 6.90. The molecule has 0 atom stereocenters. The highest BCUT2D eigenvalue weighted by Gasteiger charge is 2.09. The topological polar surface area (TPSA) is 64.1 Å². The molecule has 0 saturated heterocycles. The SMILES string of the molecule is CCNCc1noc(-c2ccco2)n1. The van der Waals surface area contributed by atoms with Crippen molar-refractivity contribution in [2.24, 2.45) is 0 Å². The van der Waals surface area contributed by atoms with Crippen LogP contribution in [0.2, 0.25) is 0 Å². The first-order valence-corrected chi connectivity index (χ1v) is 4.47. The summed E-state index contributed by atoms with van der Waals surface area (Å²) in [6.45, 7) is 3.51. The first kappa shape index (κ1) is 8.96. The van der Waals surface area contributed by atoms with Crippen LogP contribution in [-0.4, -0.2) is 16.7 Å². The summed E-state index contributed by atoms with van der Waals surface area (Å²) in [5, 5.41) is 6.91. The van der Waals surface area contributed by atoms with Gasteiger partial charge in [-0.1, -0.05) is 12.1 Å². The molecule has 2 aromatic rings. The third-order valence-electron chi connectivity index (χ3n) is 1.73. The van der Waals surface area contributed by atoms with E-state index in [1.54, 1.807) is 18.4 Å². The number of rotatable bonds is 4. The predicted octanol–water partition coefficient (Wildman–Crippen LogP) is 1.44. The van der Waals surface area contributed by atoms with Gasteiger partial charge in [0, 0.05) is 0 Å². The second kappa shape index (κ2) is 4.06. The molecule has 2 aromatic heterocycles. The largest absolute Gasteiger partial charge is 0.459 e. The number of furan rings is 1. The van der Waals surface area contributed by atoms with Crippen molar-refractivity contribution in [1.82, 2.24) is 15.5 Å². The summed E-state index contributed by atoms with van der Waals surface area (Å²) in [6.07, 6.45) is 1.57. The molecule has 74 valence electrons. The first-order valence-electron chi connectivity index (χ1n) is 4.47. The summed E-state index contributed by atoms with van der Waals surface area (Å²) in [4.78, 5) is 4.16. The van der Waals surface area contributed by atoms with Crippen molar-refractivity contribution >= 4 is 0 Å². The molecule has 0 spiro atoms. The van der Waals surface area contributed by atoms with Crippen LogP contribution in [0.5, 0.6) is 0 Å².